The topological polar surface area (TPSA) is 36.4 Å². The molecule has 22 heavy (non-hydrogen) atoms. The molecule has 0 spiro atoms. The van der Waals surface area contributed by atoms with E-state index >= 15 is 0 Å². The maximum atomic E-state index is 10.3. The molecule has 1 fully saturated rings. The maximum absolute atomic E-state index is 10.3. The molecule has 0 unspecified atom stereocenters. The Morgan fingerprint density at radius 1 is 1.05 bits per heavy atom. The van der Waals surface area contributed by atoms with Gasteiger partial charge in [0.2, 0.25) is 0 Å². The van der Waals surface area contributed by atoms with E-state index in [4.69, 9.17) is 0 Å². The zero-order chi connectivity index (χ0) is 15.4. The molecule has 0 saturated carbocycles. The smallest absolute Gasteiger partial charge is 0.138 e. The highest BCUT2D eigenvalue weighted by atomic mass is 16.3. The molecular weight excluding hydrogens is 272 g/mol. The lowest BCUT2D eigenvalue weighted by atomic mass is 10.0. The van der Waals surface area contributed by atoms with Crippen molar-refractivity contribution >= 4 is 0 Å². The first-order valence-corrected chi connectivity index (χ1v) is 8.15. The Kier molecular flexibility index (Phi) is 4.74. The molecule has 3 nitrogen and oxygen atoms in total. The zero-order valence-corrected chi connectivity index (χ0v) is 13.3. The van der Waals surface area contributed by atoms with Crippen molar-refractivity contribution in [2.24, 2.45) is 0 Å². The first-order chi connectivity index (χ1) is 10.7. The molecule has 3 heteroatoms. The Hall–Kier alpha value is -1.87. The molecule has 1 saturated heterocycles. The highest BCUT2D eigenvalue weighted by molar-refractivity contribution is 5.34. The van der Waals surface area contributed by atoms with Gasteiger partial charge in [0, 0.05) is 12.7 Å². The summed E-state index contributed by atoms with van der Waals surface area (Å²) in [5, 5.41) is 10.3. The highest BCUT2D eigenvalue weighted by Gasteiger charge is 2.13. The van der Waals surface area contributed by atoms with Crippen LogP contribution in [-0.4, -0.2) is 28.1 Å². The van der Waals surface area contributed by atoms with Crippen LogP contribution in [0.15, 0.2) is 36.5 Å². The molecule has 2 heterocycles. The van der Waals surface area contributed by atoms with Gasteiger partial charge in [-0.15, -0.1) is 0 Å². The number of benzene rings is 1. The van der Waals surface area contributed by atoms with Gasteiger partial charge < -0.3 is 5.11 Å². The normalized spacial score (nSPS) is 15.9. The second-order valence-corrected chi connectivity index (χ2v) is 6.31. The molecule has 116 valence electrons. The molecular formula is C19H24N2O. The summed E-state index contributed by atoms with van der Waals surface area (Å²) < 4.78 is 0. The van der Waals surface area contributed by atoms with E-state index in [-0.39, 0.29) is 0 Å². The predicted octanol–water partition coefficient (Wildman–Crippen LogP) is 3.67. The van der Waals surface area contributed by atoms with Crippen LogP contribution in [0, 0.1) is 6.92 Å². The average molecular weight is 296 g/mol. The molecule has 1 aromatic heterocycles. The number of hydrogen-bond acceptors (Lipinski definition) is 3. The Morgan fingerprint density at radius 3 is 2.45 bits per heavy atom. The van der Waals surface area contributed by atoms with Crippen molar-refractivity contribution in [3.63, 3.8) is 0 Å². The molecule has 0 atom stereocenters. The van der Waals surface area contributed by atoms with Crippen LogP contribution in [0.5, 0.6) is 5.75 Å². The van der Waals surface area contributed by atoms with Crippen molar-refractivity contribution in [1.29, 1.82) is 0 Å². The van der Waals surface area contributed by atoms with Crippen molar-refractivity contribution < 1.29 is 5.11 Å². The summed E-state index contributed by atoms with van der Waals surface area (Å²) in [5.74, 6) is 0.329. The Morgan fingerprint density at radius 2 is 1.77 bits per heavy atom. The second-order valence-electron chi connectivity index (χ2n) is 6.31. The van der Waals surface area contributed by atoms with Gasteiger partial charge in [-0.05, 0) is 56.5 Å². The number of piperidine rings is 1. The molecule has 1 aliphatic rings. The Bertz CT molecular complexity index is 616. The minimum absolute atomic E-state index is 0.329. The number of nitrogens with zero attached hydrogens (tertiary/aromatic N) is 2. The summed E-state index contributed by atoms with van der Waals surface area (Å²) in [6, 6.07) is 10.4. The zero-order valence-electron chi connectivity index (χ0n) is 13.3. The molecule has 2 aromatic rings. The summed E-state index contributed by atoms with van der Waals surface area (Å²) in [4.78, 5) is 6.87. The summed E-state index contributed by atoms with van der Waals surface area (Å²) in [5.41, 5.74) is 4.37. The summed E-state index contributed by atoms with van der Waals surface area (Å²) in [7, 11) is 0. The molecule has 0 aliphatic carbocycles. The number of aromatic hydroxyl groups is 1. The SMILES string of the molecule is Cc1ccc(Cc2cnc(CN3CCCCC3)c(O)c2)cc1. The molecule has 0 amide bonds. The number of hydrogen-bond donors (Lipinski definition) is 1. The highest BCUT2D eigenvalue weighted by Crippen LogP contribution is 2.21. The number of likely N-dealkylation sites (tertiary alicyclic amines) is 1. The van der Waals surface area contributed by atoms with Crippen molar-refractivity contribution in [3.05, 3.63) is 58.9 Å². The molecule has 1 N–H and O–H groups in total. The van der Waals surface area contributed by atoms with E-state index in [9.17, 15) is 5.11 Å². The molecule has 0 radical (unpaired) electrons. The van der Waals surface area contributed by atoms with E-state index in [0.29, 0.717) is 5.75 Å². The van der Waals surface area contributed by atoms with Crippen LogP contribution in [0.25, 0.3) is 0 Å². The maximum Gasteiger partial charge on any atom is 0.138 e. The van der Waals surface area contributed by atoms with Gasteiger partial charge in [0.15, 0.2) is 0 Å². The van der Waals surface area contributed by atoms with Crippen molar-refractivity contribution in [1.82, 2.24) is 9.88 Å². The van der Waals surface area contributed by atoms with E-state index in [1.165, 1.54) is 30.4 Å². The van der Waals surface area contributed by atoms with Gasteiger partial charge in [-0.3, -0.25) is 9.88 Å². The number of pyridine rings is 1. The lowest BCUT2D eigenvalue weighted by molar-refractivity contribution is 0.216. The average Bonchev–Trinajstić information content (AvgIpc) is 2.53. The van der Waals surface area contributed by atoms with Gasteiger partial charge >= 0.3 is 0 Å². The number of rotatable bonds is 4. The second kappa shape index (κ2) is 6.93. The van der Waals surface area contributed by atoms with Crippen LogP contribution >= 0.6 is 0 Å². The Labute approximate surface area is 132 Å². The van der Waals surface area contributed by atoms with Gasteiger partial charge in [0.25, 0.3) is 0 Å². The molecule has 1 aromatic carbocycles. The van der Waals surface area contributed by atoms with Crippen LogP contribution in [0.4, 0.5) is 0 Å². The summed E-state index contributed by atoms with van der Waals surface area (Å²) >= 11 is 0. The number of aryl methyl sites for hydroxylation is 1. The molecule has 1 aliphatic heterocycles. The van der Waals surface area contributed by atoms with Crippen molar-refractivity contribution in [3.8, 4) is 5.75 Å². The minimum Gasteiger partial charge on any atom is -0.506 e. The van der Waals surface area contributed by atoms with Crippen LogP contribution in [0.1, 0.15) is 41.6 Å². The summed E-state index contributed by atoms with van der Waals surface area (Å²) in [6.07, 6.45) is 6.55. The van der Waals surface area contributed by atoms with Gasteiger partial charge in [-0.1, -0.05) is 36.2 Å². The van der Waals surface area contributed by atoms with Gasteiger partial charge in [-0.25, -0.2) is 0 Å². The van der Waals surface area contributed by atoms with Gasteiger partial charge in [-0.2, -0.15) is 0 Å². The van der Waals surface area contributed by atoms with Crippen LogP contribution in [0.3, 0.4) is 0 Å². The fraction of sp³-hybridized carbons (Fsp3) is 0.421. The van der Waals surface area contributed by atoms with Crippen molar-refractivity contribution in [2.75, 3.05) is 13.1 Å². The lowest BCUT2D eigenvalue weighted by Gasteiger charge is -2.26. The van der Waals surface area contributed by atoms with Gasteiger partial charge in [0.1, 0.15) is 5.75 Å². The van der Waals surface area contributed by atoms with E-state index < -0.39 is 0 Å². The van der Waals surface area contributed by atoms with E-state index in [1.807, 2.05) is 12.3 Å². The third-order valence-corrected chi connectivity index (χ3v) is 4.35. The van der Waals surface area contributed by atoms with Crippen LogP contribution in [0.2, 0.25) is 0 Å². The third-order valence-electron chi connectivity index (χ3n) is 4.35. The fourth-order valence-corrected chi connectivity index (χ4v) is 3.01. The lowest BCUT2D eigenvalue weighted by Crippen LogP contribution is -2.29. The van der Waals surface area contributed by atoms with Crippen LogP contribution < -0.4 is 0 Å². The predicted molar refractivity (Wildman–Crippen MR) is 89.0 cm³/mol. The molecule has 3 rings (SSSR count). The third kappa shape index (κ3) is 3.86. The molecule has 0 bridgehead atoms. The van der Waals surface area contributed by atoms with E-state index in [0.717, 1.165) is 37.3 Å². The Balaban J connectivity index is 1.67. The number of aromatic nitrogens is 1. The summed E-state index contributed by atoms with van der Waals surface area (Å²) in [6.45, 7) is 5.08. The van der Waals surface area contributed by atoms with E-state index in [1.54, 1.807) is 0 Å². The first-order valence-electron chi connectivity index (χ1n) is 8.15. The minimum atomic E-state index is 0.329. The standard InChI is InChI=1S/C19H24N2O/c1-15-5-7-16(8-6-15)11-17-12-19(22)18(20-13-17)14-21-9-3-2-4-10-21/h5-8,12-13,22H,2-4,9-11,14H2,1H3. The first kappa shape index (κ1) is 15.0. The van der Waals surface area contributed by atoms with Gasteiger partial charge in [0.05, 0.1) is 5.69 Å². The quantitative estimate of drug-likeness (QED) is 0.935. The largest absolute Gasteiger partial charge is 0.506 e. The fourth-order valence-electron chi connectivity index (χ4n) is 3.01. The van der Waals surface area contributed by atoms with E-state index in [2.05, 4.69) is 41.1 Å². The van der Waals surface area contributed by atoms with Crippen LogP contribution in [-0.2, 0) is 13.0 Å². The monoisotopic (exact) mass is 296 g/mol. The van der Waals surface area contributed by atoms with Crippen molar-refractivity contribution in [2.45, 2.75) is 39.2 Å².